The second-order valence-electron chi connectivity index (χ2n) is 4.01. The van der Waals surface area contributed by atoms with E-state index in [9.17, 15) is 0 Å². The monoisotopic (exact) mass is 315 g/mol. The highest BCUT2D eigenvalue weighted by Crippen LogP contribution is 2.28. The van der Waals surface area contributed by atoms with Crippen molar-refractivity contribution < 1.29 is 4.74 Å². The van der Waals surface area contributed by atoms with Gasteiger partial charge >= 0.3 is 0 Å². The number of hydrogen-bond acceptors (Lipinski definition) is 4. The number of ether oxygens (including phenoxy) is 1. The molecule has 5 heteroatoms. The Bertz CT molecular complexity index is 720. The summed E-state index contributed by atoms with van der Waals surface area (Å²) in [5, 5.41) is 1.03. The van der Waals surface area contributed by atoms with Crippen LogP contribution < -0.4 is 4.74 Å². The van der Waals surface area contributed by atoms with Crippen molar-refractivity contribution >= 4 is 26.8 Å². The van der Waals surface area contributed by atoms with Gasteiger partial charge in [0.25, 0.3) is 0 Å². The molecule has 0 radical (unpaired) electrons. The fourth-order valence-corrected chi connectivity index (χ4v) is 2.28. The lowest BCUT2D eigenvalue weighted by Gasteiger charge is -2.07. The zero-order chi connectivity index (χ0) is 13.2. The van der Waals surface area contributed by atoms with Gasteiger partial charge in [-0.2, -0.15) is 4.98 Å². The molecule has 2 aromatic heterocycles. The van der Waals surface area contributed by atoms with E-state index < -0.39 is 0 Å². The number of hydrogen-bond donors (Lipinski definition) is 0. The first-order valence-corrected chi connectivity index (χ1v) is 6.54. The molecular formula is C14H10BrN3O. The normalized spacial score (nSPS) is 10.6. The van der Waals surface area contributed by atoms with Gasteiger partial charge in [-0.15, -0.1) is 0 Å². The number of para-hydroxylation sites is 1. The summed E-state index contributed by atoms with van der Waals surface area (Å²) >= 11 is 3.33. The number of pyridine rings is 1. The SMILES string of the molecule is Cc1nc(Br)cc(Oc2cccc3cccnc23)n1. The fourth-order valence-electron chi connectivity index (χ4n) is 1.83. The van der Waals surface area contributed by atoms with Crippen LogP contribution in [0.4, 0.5) is 0 Å². The van der Waals surface area contributed by atoms with Crippen LogP contribution in [0.5, 0.6) is 11.6 Å². The zero-order valence-corrected chi connectivity index (χ0v) is 11.8. The summed E-state index contributed by atoms with van der Waals surface area (Å²) in [6, 6.07) is 11.4. The van der Waals surface area contributed by atoms with Crippen LogP contribution in [0.3, 0.4) is 0 Å². The second-order valence-corrected chi connectivity index (χ2v) is 4.82. The van der Waals surface area contributed by atoms with Crippen LogP contribution in [-0.2, 0) is 0 Å². The standard InChI is InChI=1S/C14H10BrN3O/c1-9-17-12(15)8-13(18-9)19-11-6-2-4-10-5-3-7-16-14(10)11/h2-8H,1H3. The van der Waals surface area contributed by atoms with Gasteiger partial charge in [-0.05, 0) is 35.0 Å². The largest absolute Gasteiger partial charge is 0.437 e. The van der Waals surface area contributed by atoms with Crippen LogP contribution in [0.1, 0.15) is 5.82 Å². The van der Waals surface area contributed by atoms with Gasteiger partial charge in [-0.3, -0.25) is 4.98 Å². The molecule has 4 nitrogen and oxygen atoms in total. The van der Waals surface area contributed by atoms with Gasteiger partial charge in [0.15, 0.2) is 5.75 Å². The summed E-state index contributed by atoms with van der Waals surface area (Å²) in [5.74, 6) is 1.83. The summed E-state index contributed by atoms with van der Waals surface area (Å²) in [5.41, 5.74) is 0.817. The van der Waals surface area contributed by atoms with E-state index in [-0.39, 0.29) is 0 Å². The van der Waals surface area contributed by atoms with Crippen molar-refractivity contribution in [2.24, 2.45) is 0 Å². The fraction of sp³-hybridized carbons (Fsp3) is 0.0714. The summed E-state index contributed by atoms with van der Waals surface area (Å²) in [6.07, 6.45) is 1.75. The van der Waals surface area contributed by atoms with Crippen molar-refractivity contribution in [2.45, 2.75) is 6.92 Å². The van der Waals surface area contributed by atoms with Crippen LogP contribution in [0, 0.1) is 6.92 Å². The van der Waals surface area contributed by atoms with Crippen LogP contribution >= 0.6 is 15.9 Å². The zero-order valence-electron chi connectivity index (χ0n) is 10.2. The third kappa shape index (κ3) is 2.56. The Morgan fingerprint density at radius 3 is 2.79 bits per heavy atom. The summed E-state index contributed by atoms with van der Waals surface area (Å²) < 4.78 is 6.51. The van der Waals surface area contributed by atoms with Gasteiger partial charge in [0, 0.05) is 17.6 Å². The molecule has 0 aliphatic heterocycles. The molecule has 19 heavy (non-hydrogen) atoms. The highest BCUT2D eigenvalue weighted by atomic mass is 79.9. The van der Waals surface area contributed by atoms with Gasteiger partial charge in [0.1, 0.15) is 15.9 Å². The van der Waals surface area contributed by atoms with E-state index in [0.717, 1.165) is 10.9 Å². The van der Waals surface area contributed by atoms with Crippen molar-refractivity contribution in [1.29, 1.82) is 0 Å². The Labute approximate surface area is 118 Å². The number of fused-ring (bicyclic) bond motifs is 1. The minimum absolute atomic E-state index is 0.498. The van der Waals surface area contributed by atoms with E-state index in [1.807, 2.05) is 37.3 Å². The summed E-state index contributed by atoms with van der Waals surface area (Å²) in [7, 11) is 0. The highest BCUT2D eigenvalue weighted by Gasteiger charge is 2.06. The lowest BCUT2D eigenvalue weighted by molar-refractivity contribution is 0.463. The molecule has 2 heterocycles. The first kappa shape index (κ1) is 12.0. The lowest BCUT2D eigenvalue weighted by atomic mass is 10.2. The lowest BCUT2D eigenvalue weighted by Crippen LogP contribution is -1.94. The molecule has 1 aromatic carbocycles. The van der Waals surface area contributed by atoms with Gasteiger partial charge in [0.2, 0.25) is 5.88 Å². The first-order chi connectivity index (χ1) is 9.22. The highest BCUT2D eigenvalue weighted by molar-refractivity contribution is 9.10. The van der Waals surface area contributed by atoms with E-state index in [0.29, 0.717) is 22.1 Å². The number of rotatable bonds is 2. The van der Waals surface area contributed by atoms with Crippen molar-refractivity contribution in [3.63, 3.8) is 0 Å². The minimum Gasteiger partial charge on any atom is -0.437 e. The topological polar surface area (TPSA) is 47.9 Å². The predicted molar refractivity (Wildman–Crippen MR) is 76.3 cm³/mol. The van der Waals surface area contributed by atoms with E-state index in [1.54, 1.807) is 12.3 Å². The van der Waals surface area contributed by atoms with Gasteiger partial charge in [-0.25, -0.2) is 4.98 Å². The average Bonchev–Trinajstić information content (AvgIpc) is 2.38. The molecule has 0 aliphatic carbocycles. The first-order valence-electron chi connectivity index (χ1n) is 5.75. The molecule has 0 N–H and O–H groups in total. The van der Waals surface area contributed by atoms with E-state index in [2.05, 4.69) is 30.9 Å². The maximum absolute atomic E-state index is 5.81. The Morgan fingerprint density at radius 2 is 1.95 bits per heavy atom. The molecule has 0 bridgehead atoms. The number of benzene rings is 1. The van der Waals surface area contributed by atoms with E-state index >= 15 is 0 Å². The predicted octanol–water partition coefficient (Wildman–Crippen LogP) is 3.89. The van der Waals surface area contributed by atoms with E-state index in [1.165, 1.54) is 0 Å². The van der Waals surface area contributed by atoms with Crippen LogP contribution in [0.15, 0.2) is 47.2 Å². The van der Waals surface area contributed by atoms with Crippen LogP contribution in [0.25, 0.3) is 10.9 Å². The Hall–Kier alpha value is -2.01. The number of halogens is 1. The summed E-state index contributed by atoms with van der Waals surface area (Å²) in [4.78, 5) is 12.7. The summed E-state index contributed by atoms with van der Waals surface area (Å²) in [6.45, 7) is 1.82. The molecule has 0 unspecified atom stereocenters. The van der Waals surface area contributed by atoms with Crippen molar-refractivity contribution in [1.82, 2.24) is 15.0 Å². The molecule has 3 rings (SSSR count). The number of aryl methyl sites for hydroxylation is 1. The molecule has 0 saturated heterocycles. The van der Waals surface area contributed by atoms with Gasteiger partial charge in [0.05, 0.1) is 0 Å². The quantitative estimate of drug-likeness (QED) is 0.673. The molecular weight excluding hydrogens is 306 g/mol. The van der Waals surface area contributed by atoms with E-state index in [4.69, 9.17) is 4.74 Å². The van der Waals surface area contributed by atoms with Gasteiger partial charge in [-0.1, -0.05) is 18.2 Å². The molecule has 0 aliphatic rings. The Balaban J connectivity index is 2.05. The maximum Gasteiger partial charge on any atom is 0.223 e. The van der Waals surface area contributed by atoms with Crippen molar-refractivity contribution in [3.05, 3.63) is 53.0 Å². The van der Waals surface area contributed by atoms with Crippen molar-refractivity contribution in [3.8, 4) is 11.6 Å². The third-order valence-electron chi connectivity index (χ3n) is 2.59. The van der Waals surface area contributed by atoms with Crippen LogP contribution in [-0.4, -0.2) is 15.0 Å². The molecule has 0 atom stereocenters. The average molecular weight is 316 g/mol. The number of aromatic nitrogens is 3. The minimum atomic E-state index is 0.498. The van der Waals surface area contributed by atoms with Gasteiger partial charge < -0.3 is 4.74 Å². The third-order valence-corrected chi connectivity index (χ3v) is 3.00. The molecule has 3 aromatic rings. The molecule has 0 saturated carbocycles. The molecule has 0 spiro atoms. The van der Waals surface area contributed by atoms with Crippen molar-refractivity contribution in [2.75, 3.05) is 0 Å². The van der Waals surface area contributed by atoms with Crippen LogP contribution in [0.2, 0.25) is 0 Å². The smallest absolute Gasteiger partial charge is 0.223 e. The second kappa shape index (κ2) is 4.93. The molecule has 94 valence electrons. The Morgan fingerprint density at radius 1 is 1.11 bits per heavy atom. The maximum atomic E-state index is 5.81. The number of nitrogens with zero attached hydrogens (tertiary/aromatic N) is 3. The molecule has 0 fully saturated rings. The molecule has 0 amide bonds. The Kier molecular flexibility index (Phi) is 3.13.